The molecule has 8 nitrogen and oxygen atoms in total. The third-order valence-electron chi connectivity index (χ3n) is 6.96. The molecule has 2 amide bonds. The van der Waals surface area contributed by atoms with Crippen LogP contribution in [0.25, 0.3) is 10.9 Å². The van der Waals surface area contributed by atoms with Crippen molar-refractivity contribution in [3.63, 3.8) is 0 Å². The number of aliphatic hydroxyl groups excluding tert-OH is 1. The van der Waals surface area contributed by atoms with Gasteiger partial charge in [-0.2, -0.15) is 5.10 Å². The van der Waals surface area contributed by atoms with Crippen molar-refractivity contribution >= 4 is 22.7 Å². The average molecular weight is 439 g/mol. The standard InChI is InChI=1S/C23H26FN5O3/c1-3-13-8-14(24)9-18-15(13)10-19(25-18)21(31)29-7-4-17-16(11-29)20(27-26-17)22(32)28(2)23(12-30)5-6-23/h8-10,25,30H,3-7,11-12H2,1-2H3,(H,26,27). The lowest BCUT2D eigenvalue weighted by Gasteiger charge is -2.29. The lowest BCUT2D eigenvalue weighted by molar-refractivity contribution is 0.0607. The highest BCUT2D eigenvalue weighted by molar-refractivity contribution is 5.99. The Morgan fingerprint density at radius 3 is 2.78 bits per heavy atom. The quantitative estimate of drug-likeness (QED) is 0.568. The number of likely N-dealkylation sites (N-methyl/N-ethyl adjacent to an activating group) is 1. The molecule has 2 aromatic heterocycles. The first-order valence-corrected chi connectivity index (χ1v) is 10.9. The fourth-order valence-electron chi connectivity index (χ4n) is 4.62. The van der Waals surface area contributed by atoms with Crippen molar-refractivity contribution in [2.75, 3.05) is 20.2 Å². The summed E-state index contributed by atoms with van der Waals surface area (Å²) in [4.78, 5) is 32.6. The van der Waals surface area contributed by atoms with Gasteiger partial charge in [0.1, 0.15) is 11.5 Å². The van der Waals surface area contributed by atoms with E-state index in [0.717, 1.165) is 29.5 Å². The number of fused-ring (bicyclic) bond motifs is 2. The number of H-pyrrole nitrogens is 2. The number of halogens is 1. The number of aromatic amines is 2. The highest BCUT2D eigenvalue weighted by Crippen LogP contribution is 2.41. The molecule has 0 unspecified atom stereocenters. The fraction of sp³-hybridized carbons (Fsp3) is 0.435. The number of aryl methyl sites for hydroxylation is 1. The zero-order valence-corrected chi connectivity index (χ0v) is 18.2. The number of amides is 2. The van der Waals surface area contributed by atoms with Crippen LogP contribution in [0.2, 0.25) is 0 Å². The molecule has 1 aliphatic heterocycles. The number of aromatic nitrogens is 3. The molecule has 5 rings (SSSR count). The van der Waals surface area contributed by atoms with Crippen LogP contribution in [0.15, 0.2) is 18.2 Å². The lowest BCUT2D eigenvalue weighted by atomic mass is 10.0. The van der Waals surface area contributed by atoms with Crippen molar-refractivity contribution in [2.24, 2.45) is 0 Å². The van der Waals surface area contributed by atoms with E-state index in [2.05, 4.69) is 15.2 Å². The van der Waals surface area contributed by atoms with Gasteiger partial charge in [-0.25, -0.2) is 4.39 Å². The molecule has 1 aromatic carbocycles. The fourth-order valence-corrected chi connectivity index (χ4v) is 4.62. The summed E-state index contributed by atoms with van der Waals surface area (Å²) in [7, 11) is 1.69. The Balaban J connectivity index is 1.41. The molecule has 3 N–H and O–H groups in total. The summed E-state index contributed by atoms with van der Waals surface area (Å²) in [5.41, 5.74) is 3.21. The molecular weight excluding hydrogens is 413 g/mol. The van der Waals surface area contributed by atoms with Gasteiger partial charge in [0.25, 0.3) is 11.8 Å². The topological polar surface area (TPSA) is 105 Å². The van der Waals surface area contributed by atoms with Gasteiger partial charge in [-0.15, -0.1) is 0 Å². The molecule has 3 heterocycles. The Hall–Kier alpha value is -3.20. The Morgan fingerprint density at radius 2 is 2.09 bits per heavy atom. The zero-order chi connectivity index (χ0) is 22.6. The SMILES string of the molecule is CCc1cc(F)cc2[nH]c(C(=O)N3CCc4[nH]nc(C(=O)N(C)C5(CO)CC5)c4C3)cc12. The molecular formula is C23H26FN5O3. The molecule has 9 heteroatoms. The van der Waals surface area contributed by atoms with Gasteiger partial charge in [-0.3, -0.25) is 14.7 Å². The van der Waals surface area contributed by atoms with Gasteiger partial charge in [0.2, 0.25) is 0 Å². The van der Waals surface area contributed by atoms with E-state index in [1.54, 1.807) is 22.9 Å². The molecule has 168 valence electrons. The van der Waals surface area contributed by atoms with Gasteiger partial charge in [0, 0.05) is 42.2 Å². The first-order valence-electron chi connectivity index (χ1n) is 10.9. The highest BCUT2D eigenvalue weighted by Gasteiger charge is 2.49. The summed E-state index contributed by atoms with van der Waals surface area (Å²) in [6.07, 6.45) is 2.76. The van der Waals surface area contributed by atoms with Gasteiger partial charge in [-0.1, -0.05) is 6.92 Å². The number of nitrogens with zero attached hydrogens (tertiary/aromatic N) is 3. The molecule has 2 aliphatic rings. The predicted octanol–water partition coefficient (Wildman–Crippen LogP) is 2.39. The molecule has 3 aromatic rings. The molecule has 1 saturated carbocycles. The Bertz CT molecular complexity index is 1230. The van der Waals surface area contributed by atoms with Crippen LogP contribution in [0.4, 0.5) is 4.39 Å². The largest absolute Gasteiger partial charge is 0.394 e. The van der Waals surface area contributed by atoms with Crippen LogP contribution in [0.1, 0.15) is 57.6 Å². The maximum Gasteiger partial charge on any atom is 0.274 e. The summed E-state index contributed by atoms with van der Waals surface area (Å²) in [6.45, 7) is 2.62. The minimum absolute atomic E-state index is 0.0762. The smallest absolute Gasteiger partial charge is 0.274 e. The van der Waals surface area contributed by atoms with E-state index in [1.807, 2.05) is 6.92 Å². The van der Waals surface area contributed by atoms with Crippen LogP contribution in [-0.2, 0) is 19.4 Å². The van der Waals surface area contributed by atoms with Gasteiger partial charge >= 0.3 is 0 Å². The van der Waals surface area contributed by atoms with Crippen molar-refractivity contribution in [1.29, 1.82) is 0 Å². The second-order valence-electron chi connectivity index (χ2n) is 8.82. The lowest BCUT2D eigenvalue weighted by Crippen LogP contribution is -2.42. The maximum absolute atomic E-state index is 13.9. The van der Waals surface area contributed by atoms with Gasteiger partial charge < -0.3 is 19.9 Å². The minimum atomic E-state index is -0.496. The van der Waals surface area contributed by atoms with E-state index in [9.17, 15) is 19.1 Å². The Labute approximate surface area is 184 Å². The normalized spacial score (nSPS) is 16.8. The van der Waals surface area contributed by atoms with Crippen LogP contribution in [0.3, 0.4) is 0 Å². The first-order chi connectivity index (χ1) is 15.4. The summed E-state index contributed by atoms with van der Waals surface area (Å²) in [6, 6.07) is 4.67. The van der Waals surface area contributed by atoms with Crippen molar-refractivity contribution in [3.8, 4) is 0 Å². The highest BCUT2D eigenvalue weighted by atomic mass is 19.1. The average Bonchev–Trinajstić information content (AvgIpc) is 3.30. The van der Waals surface area contributed by atoms with Crippen molar-refractivity contribution in [3.05, 3.63) is 52.2 Å². The second-order valence-corrected chi connectivity index (χ2v) is 8.82. The van der Waals surface area contributed by atoms with Crippen LogP contribution in [0.5, 0.6) is 0 Å². The van der Waals surface area contributed by atoms with E-state index >= 15 is 0 Å². The summed E-state index contributed by atoms with van der Waals surface area (Å²) in [5, 5.41) is 17.7. The molecule has 0 saturated heterocycles. The summed E-state index contributed by atoms with van der Waals surface area (Å²) < 4.78 is 13.9. The van der Waals surface area contributed by atoms with E-state index in [4.69, 9.17) is 0 Å². The number of benzene rings is 1. The summed E-state index contributed by atoms with van der Waals surface area (Å²) in [5.74, 6) is -0.784. The van der Waals surface area contributed by atoms with Crippen LogP contribution in [0, 0.1) is 5.82 Å². The molecule has 0 atom stereocenters. The second kappa shape index (κ2) is 7.44. The van der Waals surface area contributed by atoms with Gasteiger partial charge in [0.15, 0.2) is 5.69 Å². The van der Waals surface area contributed by atoms with Crippen LogP contribution < -0.4 is 0 Å². The zero-order valence-electron chi connectivity index (χ0n) is 18.2. The number of carbonyl (C=O) groups is 2. The third-order valence-corrected chi connectivity index (χ3v) is 6.96. The molecule has 0 spiro atoms. The summed E-state index contributed by atoms with van der Waals surface area (Å²) >= 11 is 0. The monoisotopic (exact) mass is 439 g/mol. The predicted molar refractivity (Wildman–Crippen MR) is 116 cm³/mol. The number of hydrogen-bond acceptors (Lipinski definition) is 4. The molecule has 0 radical (unpaired) electrons. The number of carbonyl (C=O) groups excluding carboxylic acids is 2. The maximum atomic E-state index is 13.9. The van der Waals surface area contributed by atoms with E-state index in [1.165, 1.54) is 12.1 Å². The van der Waals surface area contributed by atoms with Crippen molar-refractivity contribution in [1.82, 2.24) is 25.0 Å². The number of hydrogen-bond donors (Lipinski definition) is 3. The number of aliphatic hydroxyl groups is 1. The van der Waals surface area contributed by atoms with Gasteiger partial charge in [0.05, 0.1) is 18.7 Å². The number of nitrogens with one attached hydrogen (secondary N) is 2. The molecule has 0 bridgehead atoms. The van der Waals surface area contributed by atoms with E-state index < -0.39 is 5.54 Å². The van der Waals surface area contributed by atoms with Gasteiger partial charge in [-0.05, 0) is 43.0 Å². The van der Waals surface area contributed by atoms with Crippen LogP contribution in [-0.4, -0.2) is 67.6 Å². The van der Waals surface area contributed by atoms with E-state index in [0.29, 0.717) is 41.9 Å². The van der Waals surface area contributed by atoms with Crippen LogP contribution >= 0.6 is 0 Å². The van der Waals surface area contributed by atoms with Crippen molar-refractivity contribution in [2.45, 2.75) is 44.7 Å². The Kier molecular flexibility index (Phi) is 4.81. The molecule has 32 heavy (non-hydrogen) atoms. The molecule has 1 fully saturated rings. The number of rotatable bonds is 5. The van der Waals surface area contributed by atoms with E-state index in [-0.39, 0.29) is 30.8 Å². The third kappa shape index (κ3) is 3.19. The Morgan fingerprint density at radius 1 is 1.31 bits per heavy atom. The minimum Gasteiger partial charge on any atom is -0.394 e. The molecule has 1 aliphatic carbocycles. The first kappa shape index (κ1) is 20.7. The van der Waals surface area contributed by atoms with Crippen molar-refractivity contribution < 1.29 is 19.1 Å².